The smallest absolute Gasteiger partial charge is 0.254 e. The van der Waals surface area contributed by atoms with Gasteiger partial charge in [-0.2, -0.15) is 15.6 Å². The largest absolute Gasteiger partial charge is 0.346 e. The number of H-pyrrole nitrogens is 1. The summed E-state index contributed by atoms with van der Waals surface area (Å²) in [6.07, 6.45) is 9.03. The molecule has 2 aliphatic rings. The summed E-state index contributed by atoms with van der Waals surface area (Å²) in [5.74, 6) is -0.855. The molecule has 11 heteroatoms. The summed E-state index contributed by atoms with van der Waals surface area (Å²) < 4.78 is 15.7. The van der Waals surface area contributed by atoms with Gasteiger partial charge in [0.2, 0.25) is 0 Å². The van der Waals surface area contributed by atoms with Crippen molar-refractivity contribution in [2.45, 2.75) is 30.8 Å². The molecule has 10 nitrogen and oxygen atoms in total. The monoisotopic (exact) mass is 509 g/mol. The third-order valence-electron chi connectivity index (χ3n) is 7.73. The predicted octanol–water partition coefficient (Wildman–Crippen LogP) is 3.06. The van der Waals surface area contributed by atoms with E-state index in [0.717, 1.165) is 41.2 Å². The lowest BCUT2D eigenvalue weighted by molar-refractivity contribution is -0.0158. The summed E-state index contributed by atoms with van der Waals surface area (Å²) >= 11 is 0. The average molecular weight is 510 g/mol. The second kappa shape index (κ2) is 9.36. The van der Waals surface area contributed by atoms with E-state index >= 15 is 0 Å². The number of hydrogen-bond acceptors (Lipinski definition) is 7. The van der Waals surface area contributed by atoms with Crippen LogP contribution in [-0.2, 0) is 5.54 Å². The van der Waals surface area contributed by atoms with Crippen LogP contribution in [0.15, 0.2) is 49.2 Å². The molecule has 1 saturated carbocycles. The van der Waals surface area contributed by atoms with Gasteiger partial charge in [0.1, 0.15) is 17.8 Å². The zero-order chi connectivity index (χ0) is 26.3. The molecule has 1 N–H and O–H groups in total. The number of halogens is 1. The molecule has 0 atom stereocenters. The number of fused-ring (bicyclic) bond motifs is 1. The number of carbonyl (C=O) groups excluding carboxylic acids is 1. The third-order valence-corrected chi connectivity index (χ3v) is 7.73. The Kier molecular flexibility index (Phi) is 5.86. The van der Waals surface area contributed by atoms with Gasteiger partial charge >= 0.3 is 0 Å². The van der Waals surface area contributed by atoms with Crippen LogP contribution in [0.2, 0.25) is 0 Å². The van der Waals surface area contributed by atoms with Crippen LogP contribution in [0.5, 0.6) is 0 Å². The number of benzene rings is 1. The van der Waals surface area contributed by atoms with E-state index in [2.05, 4.69) is 31.0 Å². The van der Waals surface area contributed by atoms with Crippen molar-refractivity contribution in [2.75, 3.05) is 26.2 Å². The summed E-state index contributed by atoms with van der Waals surface area (Å²) in [7, 11) is 0. The Morgan fingerprint density at radius 1 is 1.16 bits per heavy atom. The molecule has 6 rings (SSSR count). The van der Waals surface area contributed by atoms with Gasteiger partial charge < -0.3 is 9.88 Å². The molecule has 0 unspecified atom stereocenters. The summed E-state index contributed by atoms with van der Waals surface area (Å²) in [6.45, 7) is 2.42. The van der Waals surface area contributed by atoms with Crippen molar-refractivity contribution in [3.05, 3.63) is 66.1 Å². The number of piperazine rings is 1. The number of nitrogens with one attached hydrogen (secondary N) is 1. The lowest BCUT2D eigenvalue weighted by Crippen LogP contribution is -2.60. The van der Waals surface area contributed by atoms with Gasteiger partial charge in [0.05, 0.1) is 41.6 Å². The Bertz CT molecular complexity index is 1600. The molecule has 0 spiro atoms. The Balaban J connectivity index is 1.12. The zero-order valence-electron chi connectivity index (χ0n) is 20.5. The SMILES string of the molecule is N#CCC1(n2cc(-c3ncnc4[nH]ccc34)cn2)CC(N2CCN(C(=O)c3cc(F)cc(C#N)c3)CC2)C1. The molecule has 0 bridgehead atoms. The highest BCUT2D eigenvalue weighted by Crippen LogP contribution is 2.45. The maximum absolute atomic E-state index is 13.8. The normalized spacial score (nSPS) is 21.6. The van der Waals surface area contributed by atoms with Crippen molar-refractivity contribution < 1.29 is 9.18 Å². The second-order valence-electron chi connectivity index (χ2n) is 9.93. The Morgan fingerprint density at radius 3 is 2.74 bits per heavy atom. The van der Waals surface area contributed by atoms with E-state index in [0.29, 0.717) is 32.6 Å². The van der Waals surface area contributed by atoms with Gasteiger partial charge in [-0.05, 0) is 37.1 Å². The van der Waals surface area contributed by atoms with Crippen molar-refractivity contribution in [1.29, 1.82) is 10.5 Å². The van der Waals surface area contributed by atoms with Crippen LogP contribution in [-0.4, -0.2) is 72.7 Å². The first-order valence-electron chi connectivity index (χ1n) is 12.4. The number of nitrogens with zero attached hydrogens (tertiary/aromatic N) is 8. The fraction of sp³-hybridized carbons (Fsp3) is 0.333. The first kappa shape index (κ1) is 23.8. The van der Waals surface area contributed by atoms with Gasteiger partial charge in [-0.1, -0.05) is 0 Å². The van der Waals surface area contributed by atoms with Gasteiger partial charge in [0, 0.05) is 61.1 Å². The standard InChI is InChI=1S/C27H24FN9O/c28-21-10-18(14-30)9-19(11-21)26(38)36-7-5-35(6-8-36)22-12-27(13-22,2-3-29)37-16-20(15-34-37)24-23-1-4-31-25(23)33-17-32-24/h1,4,9-11,15-17,22H,2,5-8,12-13H2,(H,31,32,33). The molecule has 2 fully saturated rings. The summed E-state index contributed by atoms with van der Waals surface area (Å²) in [6, 6.07) is 10.2. The van der Waals surface area contributed by atoms with E-state index in [1.807, 2.05) is 29.2 Å². The molecule has 1 aliphatic heterocycles. The van der Waals surface area contributed by atoms with Crippen LogP contribution in [0.4, 0.5) is 4.39 Å². The van der Waals surface area contributed by atoms with Crippen LogP contribution < -0.4 is 0 Å². The molecule has 1 aromatic carbocycles. The molecule has 0 radical (unpaired) electrons. The van der Waals surface area contributed by atoms with Crippen LogP contribution in [0.3, 0.4) is 0 Å². The van der Waals surface area contributed by atoms with Crippen molar-refractivity contribution in [1.82, 2.24) is 34.5 Å². The molecular formula is C27H24FN9O. The molecule has 38 heavy (non-hydrogen) atoms. The molecule has 3 aromatic heterocycles. The fourth-order valence-corrected chi connectivity index (χ4v) is 5.69. The number of hydrogen-bond donors (Lipinski definition) is 1. The van der Waals surface area contributed by atoms with E-state index in [1.54, 1.807) is 11.1 Å². The topological polar surface area (TPSA) is 131 Å². The highest BCUT2D eigenvalue weighted by atomic mass is 19.1. The minimum atomic E-state index is -0.589. The van der Waals surface area contributed by atoms with Gasteiger partial charge in [-0.25, -0.2) is 14.4 Å². The maximum Gasteiger partial charge on any atom is 0.254 e. The minimum Gasteiger partial charge on any atom is -0.346 e. The predicted molar refractivity (Wildman–Crippen MR) is 135 cm³/mol. The lowest BCUT2D eigenvalue weighted by atomic mass is 9.70. The number of nitriles is 2. The van der Waals surface area contributed by atoms with Gasteiger partial charge in [0.15, 0.2) is 0 Å². The third kappa shape index (κ3) is 4.07. The van der Waals surface area contributed by atoms with E-state index in [1.165, 1.54) is 18.5 Å². The quantitative estimate of drug-likeness (QED) is 0.437. The van der Waals surface area contributed by atoms with E-state index in [4.69, 9.17) is 5.26 Å². The summed E-state index contributed by atoms with van der Waals surface area (Å²) in [5.41, 5.74) is 2.38. The van der Waals surface area contributed by atoms with Crippen LogP contribution >= 0.6 is 0 Å². The molecule has 1 aliphatic carbocycles. The number of carbonyl (C=O) groups is 1. The van der Waals surface area contributed by atoms with Crippen molar-refractivity contribution in [3.63, 3.8) is 0 Å². The number of aromatic nitrogens is 5. The van der Waals surface area contributed by atoms with E-state index < -0.39 is 5.82 Å². The molecular weight excluding hydrogens is 485 g/mol. The summed E-state index contributed by atoms with van der Waals surface area (Å²) in [5, 5.41) is 24.2. The van der Waals surface area contributed by atoms with Gasteiger partial charge in [-0.15, -0.1) is 0 Å². The van der Waals surface area contributed by atoms with E-state index in [-0.39, 0.29) is 28.6 Å². The maximum atomic E-state index is 13.8. The first-order valence-corrected chi connectivity index (χ1v) is 12.4. The Labute approximate surface area is 217 Å². The lowest BCUT2D eigenvalue weighted by Gasteiger charge is -2.52. The van der Waals surface area contributed by atoms with Crippen LogP contribution in [0.1, 0.15) is 35.2 Å². The number of aromatic amines is 1. The number of amides is 1. The minimum absolute atomic E-state index is 0.134. The molecule has 190 valence electrons. The Morgan fingerprint density at radius 2 is 1.97 bits per heavy atom. The molecule has 1 saturated heterocycles. The molecule has 4 heterocycles. The average Bonchev–Trinajstić information content (AvgIpc) is 3.60. The highest BCUT2D eigenvalue weighted by molar-refractivity contribution is 5.94. The van der Waals surface area contributed by atoms with Gasteiger partial charge in [-0.3, -0.25) is 14.4 Å². The zero-order valence-corrected chi connectivity index (χ0v) is 20.5. The van der Waals surface area contributed by atoms with E-state index in [9.17, 15) is 14.4 Å². The summed E-state index contributed by atoms with van der Waals surface area (Å²) in [4.78, 5) is 28.8. The highest BCUT2D eigenvalue weighted by Gasteiger charge is 2.49. The fourth-order valence-electron chi connectivity index (χ4n) is 5.69. The van der Waals surface area contributed by atoms with Crippen molar-refractivity contribution in [3.8, 4) is 23.4 Å². The Hall–Kier alpha value is -4.61. The number of rotatable bonds is 5. The van der Waals surface area contributed by atoms with Crippen LogP contribution in [0, 0.1) is 28.5 Å². The molecule has 4 aromatic rings. The van der Waals surface area contributed by atoms with Crippen molar-refractivity contribution >= 4 is 16.9 Å². The first-order chi connectivity index (χ1) is 18.5. The second-order valence-corrected chi connectivity index (χ2v) is 9.93. The van der Waals surface area contributed by atoms with Crippen molar-refractivity contribution in [2.24, 2.45) is 0 Å². The molecule has 1 amide bonds. The van der Waals surface area contributed by atoms with Gasteiger partial charge in [0.25, 0.3) is 5.91 Å². The van der Waals surface area contributed by atoms with Crippen LogP contribution in [0.25, 0.3) is 22.3 Å².